The number of carboxylic acid groups (broad SMARTS) is 1. The Hall–Kier alpha value is -0.570. The first-order valence-corrected chi connectivity index (χ1v) is 6.52. The molecule has 0 spiro atoms. The number of piperidine rings is 1. The Bertz CT molecular complexity index is 265. The maximum absolute atomic E-state index is 11.3. The molecule has 16 heavy (non-hydrogen) atoms. The van der Waals surface area contributed by atoms with E-state index in [-0.39, 0.29) is 6.04 Å². The Morgan fingerprint density at radius 3 is 2.38 bits per heavy atom. The van der Waals surface area contributed by atoms with Gasteiger partial charge in [-0.1, -0.05) is 20.3 Å². The predicted molar refractivity (Wildman–Crippen MR) is 63.4 cm³/mol. The third-order valence-corrected chi connectivity index (χ3v) is 4.57. The van der Waals surface area contributed by atoms with Crippen molar-refractivity contribution in [2.75, 3.05) is 13.1 Å². The number of hydrogen-bond donors (Lipinski definition) is 1. The predicted octanol–water partition coefficient (Wildman–Crippen LogP) is 2.36. The van der Waals surface area contributed by atoms with Crippen LogP contribution in [0.4, 0.5) is 0 Å². The molecule has 2 aliphatic rings. The molecule has 3 heteroatoms. The van der Waals surface area contributed by atoms with Crippen molar-refractivity contribution in [3.05, 3.63) is 0 Å². The van der Waals surface area contributed by atoms with E-state index in [2.05, 4.69) is 18.7 Å². The number of hydrogen-bond acceptors (Lipinski definition) is 2. The van der Waals surface area contributed by atoms with Gasteiger partial charge in [0.2, 0.25) is 0 Å². The molecule has 1 saturated heterocycles. The van der Waals surface area contributed by atoms with E-state index in [0.29, 0.717) is 11.3 Å². The molecule has 0 aromatic rings. The van der Waals surface area contributed by atoms with Gasteiger partial charge in [-0.2, -0.15) is 0 Å². The molecule has 92 valence electrons. The molecule has 1 saturated carbocycles. The van der Waals surface area contributed by atoms with Gasteiger partial charge in [0.15, 0.2) is 0 Å². The molecule has 1 atom stereocenters. The summed E-state index contributed by atoms with van der Waals surface area (Å²) in [5.74, 6) is -0.175. The number of carboxylic acids is 1. The molecule has 1 N–H and O–H groups in total. The normalized spacial score (nSPS) is 27.6. The van der Waals surface area contributed by atoms with Crippen LogP contribution < -0.4 is 0 Å². The monoisotopic (exact) mass is 225 g/mol. The van der Waals surface area contributed by atoms with Gasteiger partial charge in [-0.25, -0.2) is 0 Å². The van der Waals surface area contributed by atoms with Gasteiger partial charge in [0.05, 0.1) is 0 Å². The van der Waals surface area contributed by atoms with Crippen molar-refractivity contribution in [2.24, 2.45) is 11.3 Å². The molecule has 3 nitrogen and oxygen atoms in total. The molecular weight excluding hydrogens is 202 g/mol. The van der Waals surface area contributed by atoms with E-state index in [9.17, 15) is 9.90 Å². The van der Waals surface area contributed by atoms with Gasteiger partial charge in [0, 0.05) is 0 Å². The summed E-state index contributed by atoms with van der Waals surface area (Å²) in [5.41, 5.74) is 0.448. The Labute approximate surface area is 97.8 Å². The summed E-state index contributed by atoms with van der Waals surface area (Å²) in [5, 5.41) is 9.28. The van der Waals surface area contributed by atoms with Crippen LogP contribution in [0.2, 0.25) is 0 Å². The highest BCUT2D eigenvalue weighted by atomic mass is 16.4. The van der Waals surface area contributed by atoms with Crippen LogP contribution >= 0.6 is 0 Å². The molecule has 0 radical (unpaired) electrons. The van der Waals surface area contributed by atoms with Gasteiger partial charge >= 0.3 is 5.97 Å². The van der Waals surface area contributed by atoms with Gasteiger partial charge in [0.25, 0.3) is 0 Å². The maximum atomic E-state index is 11.3. The minimum absolute atomic E-state index is 0.193. The lowest BCUT2D eigenvalue weighted by atomic mass is 9.78. The number of rotatable bonds is 4. The average Bonchev–Trinajstić information content (AvgIpc) is 3.05. The van der Waals surface area contributed by atoms with Gasteiger partial charge in [-0.15, -0.1) is 0 Å². The van der Waals surface area contributed by atoms with Crippen LogP contribution in [0, 0.1) is 11.3 Å². The number of likely N-dealkylation sites (tertiary alicyclic amines) is 1. The highest BCUT2D eigenvalue weighted by Gasteiger charge is 2.42. The zero-order valence-corrected chi connectivity index (χ0v) is 10.4. The van der Waals surface area contributed by atoms with Gasteiger partial charge in [-0.3, -0.25) is 9.69 Å². The van der Waals surface area contributed by atoms with Crippen LogP contribution in [-0.4, -0.2) is 35.1 Å². The molecule has 0 aromatic carbocycles. The molecule has 1 aliphatic heterocycles. The minimum Gasteiger partial charge on any atom is -0.480 e. The molecule has 0 bridgehead atoms. The molecule has 1 unspecified atom stereocenters. The molecule has 2 rings (SSSR count). The van der Waals surface area contributed by atoms with Gasteiger partial charge < -0.3 is 5.11 Å². The molecular formula is C13H23NO2. The zero-order chi connectivity index (χ0) is 11.8. The van der Waals surface area contributed by atoms with Gasteiger partial charge in [-0.05, 0) is 50.1 Å². The Morgan fingerprint density at radius 2 is 2.00 bits per heavy atom. The number of nitrogens with zero attached hydrogens (tertiary/aromatic N) is 1. The smallest absolute Gasteiger partial charge is 0.321 e. The third kappa shape index (κ3) is 2.40. The largest absolute Gasteiger partial charge is 0.480 e. The second-order valence-corrected chi connectivity index (χ2v) is 5.82. The first-order chi connectivity index (χ1) is 7.56. The van der Waals surface area contributed by atoms with Crippen LogP contribution in [0.15, 0.2) is 0 Å². The SMILES string of the molecule is CCC1(C)CCN(C(C(=O)O)C2CC2)CC1. The fourth-order valence-corrected chi connectivity index (χ4v) is 2.76. The van der Waals surface area contributed by atoms with Crippen LogP contribution in [0.3, 0.4) is 0 Å². The second kappa shape index (κ2) is 4.36. The molecule has 0 amide bonds. The topological polar surface area (TPSA) is 40.5 Å². The summed E-state index contributed by atoms with van der Waals surface area (Å²) in [6.07, 6.45) is 5.74. The fourth-order valence-electron chi connectivity index (χ4n) is 2.76. The Morgan fingerprint density at radius 1 is 1.44 bits per heavy atom. The summed E-state index contributed by atoms with van der Waals surface area (Å²) in [4.78, 5) is 13.5. The molecule has 1 aliphatic carbocycles. The highest BCUT2D eigenvalue weighted by molar-refractivity contribution is 5.74. The van der Waals surface area contributed by atoms with Crippen molar-refractivity contribution < 1.29 is 9.90 Å². The van der Waals surface area contributed by atoms with Crippen LogP contribution in [0.5, 0.6) is 0 Å². The van der Waals surface area contributed by atoms with E-state index in [0.717, 1.165) is 38.8 Å². The molecule has 0 aromatic heterocycles. The first kappa shape index (κ1) is 11.9. The Kier molecular flexibility index (Phi) is 3.24. The molecule has 2 fully saturated rings. The summed E-state index contributed by atoms with van der Waals surface area (Å²) >= 11 is 0. The van der Waals surface area contributed by atoms with Crippen molar-refractivity contribution in [1.29, 1.82) is 0 Å². The second-order valence-electron chi connectivity index (χ2n) is 5.82. The van der Waals surface area contributed by atoms with Crippen LogP contribution in [0.1, 0.15) is 46.0 Å². The van der Waals surface area contributed by atoms with Crippen molar-refractivity contribution in [3.8, 4) is 0 Å². The lowest BCUT2D eigenvalue weighted by Crippen LogP contribution is -2.48. The summed E-state index contributed by atoms with van der Waals surface area (Å²) in [7, 11) is 0. The summed E-state index contributed by atoms with van der Waals surface area (Å²) in [6, 6.07) is -0.193. The summed E-state index contributed by atoms with van der Waals surface area (Å²) < 4.78 is 0. The maximum Gasteiger partial charge on any atom is 0.321 e. The van der Waals surface area contributed by atoms with Crippen molar-refractivity contribution in [2.45, 2.75) is 52.0 Å². The standard InChI is InChI=1S/C13H23NO2/c1-3-13(2)6-8-14(9-7-13)11(12(15)16)10-4-5-10/h10-11H,3-9H2,1-2H3,(H,15,16). The molecule has 1 heterocycles. The van der Waals surface area contributed by atoms with Crippen LogP contribution in [0.25, 0.3) is 0 Å². The summed E-state index contributed by atoms with van der Waals surface area (Å²) in [6.45, 7) is 6.51. The average molecular weight is 225 g/mol. The van der Waals surface area contributed by atoms with Crippen molar-refractivity contribution in [1.82, 2.24) is 4.90 Å². The van der Waals surface area contributed by atoms with Crippen molar-refractivity contribution >= 4 is 5.97 Å². The quantitative estimate of drug-likeness (QED) is 0.798. The van der Waals surface area contributed by atoms with E-state index in [1.54, 1.807) is 0 Å². The van der Waals surface area contributed by atoms with E-state index in [1.807, 2.05) is 0 Å². The lowest BCUT2D eigenvalue weighted by molar-refractivity contribution is -0.145. The first-order valence-electron chi connectivity index (χ1n) is 6.52. The Balaban J connectivity index is 1.94. The van der Waals surface area contributed by atoms with Gasteiger partial charge in [0.1, 0.15) is 6.04 Å². The van der Waals surface area contributed by atoms with E-state index >= 15 is 0 Å². The van der Waals surface area contributed by atoms with E-state index in [1.165, 1.54) is 6.42 Å². The fraction of sp³-hybridized carbons (Fsp3) is 0.923. The van der Waals surface area contributed by atoms with E-state index in [4.69, 9.17) is 0 Å². The number of aliphatic carboxylic acids is 1. The third-order valence-electron chi connectivity index (χ3n) is 4.57. The van der Waals surface area contributed by atoms with E-state index < -0.39 is 5.97 Å². The van der Waals surface area contributed by atoms with Crippen LogP contribution in [-0.2, 0) is 4.79 Å². The minimum atomic E-state index is -0.609. The van der Waals surface area contributed by atoms with Crippen molar-refractivity contribution in [3.63, 3.8) is 0 Å². The highest BCUT2D eigenvalue weighted by Crippen LogP contribution is 2.40. The lowest BCUT2D eigenvalue weighted by Gasteiger charge is -2.41. The number of carbonyl (C=O) groups is 1. The zero-order valence-electron chi connectivity index (χ0n) is 10.4.